The summed E-state index contributed by atoms with van der Waals surface area (Å²) in [5.74, 6) is -0.825. The first-order valence-electron chi connectivity index (χ1n) is 5.27. The molecular weight excluding hydrogens is 312 g/mol. The maximum Gasteiger partial charge on any atom is 0.303 e. The molecule has 4 atom stereocenters. The van der Waals surface area contributed by atoms with E-state index in [1.165, 1.54) is 6.92 Å². The number of rotatable bonds is 7. The molecule has 8 heteroatoms. The van der Waals surface area contributed by atoms with Gasteiger partial charge in [-0.05, 0) is 22.4 Å². The monoisotopic (exact) mass is 328 g/mol. The first kappa shape index (κ1) is 17.5. The van der Waals surface area contributed by atoms with Crippen LogP contribution >= 0.6 is 15.9 Å². The molecule has 0 aliphatic carbocycles. The zero-order valence-corrected chi connectivity index (χ0v) is 11.6. The second kappa shape index (κ2) is 7.15. The molecule has 0 saturated heterocycles. The fourth-order valence-electron chi connectivity index (χ4n) is 1.49. The van der Waals surface area contributed by atoms with Crippen LogP contribution < -0.4 is 0 Å². The Morgan fingerprint density at radius 1 is 1.33 bits per heavy atom. The Morgan fingerprint density at radius 2 is 1.83 bits per heavy atom. The van der Waals surface area contributed by atoms with Crippen LogP contribution in [0.1, 0.15) is 20.3 Å². The number of ether oxygens (including phenoxy) is 1. The maximum absolute atomic E-state index is 11.5. The summed E-state index contributed by atoms with van der Waals surface area (Å²) in [5.41, 5.74) is -2.01. The third-order valence-corrected chi connectivity index (χ3v) is 3.24. The Balaban J connectivity index is 5.30. The summed E-state index contributed by atoms with van der Waals surface area (Å²) in [4.78, 5) is 22.5. The predicted molar refractivity (Wildman–Crippen MR) is 63.8 cm³/mol. The van der Waals surface area contributed by atoms with Crippen molar-refractivity contribution in [2.24, 2.45) is 0 Å². The van der Waals surface area contributed by atoms with Gasteiger partial charge in [-0.15, -0.1) is 0 Å². The molecule has 0 radical (unpaired) electrons. The van der Waals surface area contributed by atoms with Crippen LogP contribution in [0.3, 0.4) is 0 Å². The number of halogens is 1. The zero-order chi connectivity index (χ0) is 14.5. The second-order valence-electron chi connectivity index (χ2n) is 3.80. The van der Waals surface area contributed by atoms with Crippen LogP contribution in [0.4, 0.5) is 0 Å². The molecule has 0 aromatic carbocycles. The molecular formula is C10H17BrO7. The van der Waals surface area contributed by atoms with E-state index in [4.69, 9.17) is 9.84 Å². The lowest BCUT2D eigenvalue weighted by molar-refractivity contribution is -0.192. The third kappa shape index (κ3) is 3.72. The molecule has 0 aliphatic rings. The summed E-state index contributed by atoms with van der Waals surface area (Å²) in [7, 11) is 0. The van der Waals surface area contributed by atoms with Gasteiger partial charge in [-0.2, -0.15) is 0 Å². The van der Waals surface area contributed by atoms with Crippen molar-refractivity contribution >= 4 is 26.6 Å². The topological polar surface area (TPSA) is 124 Å². The minimum atomic E-state index is -2.01. The molecule has 0 saturated carbocycles. The molecule has 0 heterocycles. The fourth-order valence-corrected chi connectivity index (χ4v) is 2.08. The molecule has 0 spiro atoms. The second-order valence-corrected chi connectivity index (χ2v) is 4.52. The van der Waals surface area contributed by atoms with Crippen LogP contribution in [0.25, 0.3) is 0 Å². The average molecular weight is 329 g/mol. The molecule has 0 unspecified atom stereocenters. The molecule has 0 bridgehead atoms. The van der Waals surface area contributed by atoms with Crippen molar-refractivity contribution < 1.29 is 34.8 Å². The van der Waals surface area contributed by atoms with E-state index in [1.807, 2.05) is 0 Å². The van der Waals surface area contributed by atoms with Crippen molar-refractivity contribution in [1.82, 2.24) is 0 Å². The van der Waals surface area contributed by atoms with E-state index >= 15 is 0 Å². The summed E-state index contributed by atoms with van der Waals surface area (Å²) >= 11 is 2.60. The standard InChI is InChI=1S/C10H17BrO7/c1-3-10(9(11)17,18-5(2)13)8(16)7(15)6(14)4-12/h6-8,12,14-16H,3-4H2,1-2H3/t6-,7+,8+,10-/m1/s1. The maximum atomic E-state index is 11.5. The normalized spacial score (nSPS) is 19.5. The predicted octanol–water partition coefficient (Wildman–Crippen LogP) is -1.31. The molecule has 0 amide bonds. The van der Waals surface area contributed by atoms with Crippen LogP contribution in [-0.4, -0.2) is 61.6 Å². The summed E-state index contributed by atoms with van der Waals surface area (Å²) in [6.45, 7) is 1.69. The van der Waals surface area contributed by atoms with Gasteiger partial charge >= 0.3 is 5.97 Å². The highest BCUT2D eigenvalue weighted by Gasteiger charge is 2.50. The molecule has 0 aromatic rings. The van der Waals surface area contributed by atoms with Crippen LogP contribution in [0.15, 0.2) is 0 Å². The minimum Gasteiger partial charge on any atom is -0.447 e. The van der Waals surface area contributed by atoms with E-state index in [0.717, 1.165) is 6.92 Å². The van der Waals surface area contributed by atoms with E-state index in [1.54, 1.807) is 0 Å². The third-order valence-electron chi connectivity index (χ3n) is 2.57. The Bertz CT molecular complexity index is 309. The number of hydrogen-bond acceptors (Lipinski definition) is 7. The number of carbonyl (C=O) groups is 2. The van der Waals surface area contributed by atoms with E-state index in [0.29, 0.717) is 0 Å². The average Bonchev–Trinajstić information content (AvgIpc) is 2.32. The number of aliphatic hydroxyl groups excluding tert-OH is 4. The molecule has 18 heavy (non-hydrogen) atoms. The van der Waals surface area contributed by atoms with Gasteiger partial charge in [0, 0.05) is 6.92 Å². The largest absolute Gasteiger partial charge is 0.447 e. The molecule has 0 aromatic heterocycles. The van der Waals surface area contributed by atoms with E-state index < -0.39 is 41.2 Å². The number of aliphatic hydroxyl groups is 4. The first-order chi connectivity index (χ1) is 8.22. The van der Waals surface area contributed by atoms with Gasteiger partial charge in [0.15, 0.2) is 0 Å². The van der Waals surface area contributed by atoms with Crippen molar-refractivity contribution in [2.75, 3.05) is 6.61 Å². The van der Waals surface area contributed by atoms with E-state index in [9.17, 15) is 24.9 Å². The van der Waals surface area contributed by atoms with Gasteiger partial charge in [-0.1, -0.05) is 6.92 Å². The van der Waals surface area contributed by atoms with Crippen LogP contribution in [0.5, 0.6) is 0 Å². The van der Waals surface area contributed by atoms with Crippen molar-refractivity contribution in [2.45, 2.75) is 44.2 Å². The van der Waals surface area contributed by atoms with Crippen LogP contribution in [-0.2, 0) is 14.3 Å². The van der Waals surface area contributed by atoms with Gasteiger partial charge in [0.05, 0.1) is 6.61 Å². The van der Waals surface area contributed by atoms with E-state index in [-0.39, 0.29) is 6.42 Å². The lowest BCUT2D eigenvalue weighted by Gasteiger charge is -2.36. The van der Waals surface area contributed by atoms with Gasteiger partial charge in [0.25, 0.3) is 0 Å². The fraction of sp³-hybridized carbons (Fsp3) is 0.800. The van der Waals surface area contributed by atoms with Gasteiger partial charge in [0.2, 0.25) is 10.3 Å². The smallest absolute Gasteiger partial charge is 0.303 e. The van der Waals surface area contributed by atoms with E-state index in [2.05, 4.69) is 15.9 Å². The van der Waals surface area contributed by atoms with Gasteiger partial charge < -0.3 is 25.2 Å². The quantitative estimate of drug-likeness (QED) is 0.338. The lowest BCUT2D eigenvalue weighted by atomic mass is 9.89. The van der Waals surface area contributed by atoms with Crippen LogP contribution in [0.2, 0.25) is 0 Å². The van der Waals surface area contributed by atoms with Gasteiger partial charge in [-0.3, -0.25) is 9.59 Å². The SMILES string of the molecule is CC[C@](OC(C)=O)(C(=O)Br)[C@@H](O)[C@@H](O)[C@H](O)CO. The highest BCUT2D eigenvalue weighted by molar-refractivity contribution is 9.18. The van der Waals surface area contributed by atoms with Crippen molar-refractivity contribution in [1.29, 1.82) is 0 Å². The summed E-state index contributed by atoms with van der Waals surface area (Å²) in [5, 5.41) is 37.4. The molecule has 7 nitrogen and oxygen atoms in total. The Hall–Kier alpha value is -0.540. The summed E-state index contributed by atoms with van der Waals surface area (Å²) in [6, 6.07) is 0. The number of hydrogen-bond donors (Lipinski definition) is 4. The highest BCUT2D eigenvalue weighted by atomic mass is 79.9. The first-order valence-corrected chi connectivity index (χ1v) is 6.06. The van der Waals surface area contributed by atoms with Crippen LogP contribution in [0, 0.1) is 0 Å². The van der Waals surface area contributed by atoms with Gasteiger partial charge in [-0.25, -0.2) is 0 Å². The Kier molecular flexibility index (Phi) is 6.93. The summed E-state index contributed by atoms with van der Waals surface area (Å²) < 4.78 is 3.94. The van der Waals surface area contributed by atoms with Crippen molar-refractivity contribution in [3.63, 3.8) is 0 Å². The van der Waals surface area contributed by atoms with Crippen molar-refractivity contribution in [3.8, 4) is 0 Å². The van der Waals surface area contributed by atoms with Crippen molar-refractivity contribution in [3.05, 3.63) is 0 Å². The molecule has 4 N–H and O–H groups in total. The van der Waals surface area contributed by atoms with Gasteiger partial charge in [0.1, 0.15) is 18.3 Å². The molecule has 0 fully saturated rings. The highest BCUT2D eigenvalue weighted by Crippen LogP contribution is 2.28. The molecule has 106 valence electrons. The minimum absolute atomic E-state index is 0.118. The Morgan fingerprint density at radius 3 is 2.11 bits per heavy atom. The zero-order valence-electron chi connectivity index (χ0n) is 10.0. The number of esters is 1. The molecule has 0 aliphatic heterocycles. The Labute approximate surface area is 113 Å². The summed E-state index contributed by atoms with van der Waals surface area (Å²) in [6.07, 6.45) is -5.49. The lowest BCUT2D eigenvalue weighted by Crippen LogP contribution is -2.58. The molecule has 0 rings (SSSR count). The number of carbonyl (C=O) groups excluding carboxylic acids is 2.